The van der Waals surface area contributed by atoms with E-state index in [1.807, 2.05) is 0 Å². The summed E-state index contributed by atoms with van der Waals surface area (Å²) in [6.45, 7) is 1.95. The minimum absolute atomic E-state index is 0.163. The van der Waals surface area contributed by atoms with Gasteiger partial charge in [-0.3, -0.25) is 0 Å². The van der Waals surface area contributed by atoms with E-state index in [0.29, 0.717) is 0 Å². The van der Waals surface area contributed by atoms with Crippen molar-refractivity contribution in [3.8, 4) is 0 Å². The molecule has 1 heterocycles. The second-order valence-electron chi connectivity index (χ2n) is 2.89. The van der Waals surface area contributed by atoms with Crippen LogP contribution in [0.2, 0.25) is 0 Å². The van der Waals surface area contributed by atoms with Gasteiger partial charge < -0.3 is 20.7 Å². The monoisotopic (exact) mass is 147 g/mol. The first-order valence-electron chi connectivity index (χ1n) is 3.30. The van der Waals surface area contributed by atoms with Crippen LogP contribution in [0.5, 0.6) is 0 Å². The van der Waals surface area contributed by atoms with Crippen LogP contribution in [-0.2, 0) is 4.74 Å². The minimum atomic E-state index is -1.12. The molecular formula is C6H13NO3. The summed E-state index contributed by atoms with van der Waals surface area (Å²) in [5.74, 6) is 0. The highest BCUT2D eigenvalue weighted by molar-refractivity contribution is 4.93. The largest absolute Gasteiger partial charge is 0.387 e. The zero-order valence-electron chi connectivity index (χ0n) is 5.95. The molecule has 0 aromatic carbocycles. The van der Waals surface area contributed by atoms with E-state index >= 15 is 0 Å². The van der Waals surface area contributed by atoms with Crippen molar-refractivity contribution in [1.29, 1.82) is 0 Å². The number of hydrogen-bond donors (Lipinski definition) is 3. The maximum absolute atomic E-state index is 9.33. The summed E-state index contributed by atoms with van der Waals surface area (Å²) in [6, 6.07) is 0. The molecule has 10 heavy (non-hydrogen) atoms. The minimum Gasteiger partial charge on any atom is -0.387 e. The second-order valence-corrected chi connectivity index (χ2v) is 2.89. The van der Waals surface area contributed by atoms with Gasteiger partial charge >= 0.3 is 0 Å². The van der Waals surface area contributed by atoms with Crippen LogP contribution in [0.15, 0.2) is 0 Å². The van der Waals surface area contributed by atoms with Crippen LogP contribution in [0.1, 0.15) is 6.92 Å². The molecule has 0 spiro atoms. The van der Waals surface area contributed by atoms with Gasteiger partial charge in [0.15, 0.2) is 0 Å². The average molecular weight is 147 g/mol. The summed E-state index contributed by atoms with van der Waals surface area (Å²) < 4.78 is 5.00. The summed E-state index contributed by atoms with van der Waals surface area (Å²) >= 11 is 0. The predicted molar refractivity (Wildman–Crippen MR) is 35.4 cm³/mol. The lowest BCUT2D eigenvalue weighted by atomic mass is 9.99. The van der Waals surface area contributed by atoms with E-state index in [1.165, 1.54) is 6.92 Å². The van der Waals surface area contributed by atoms with E-state index in [9.17, 15) is 10.2 Å². The van der Waals surface area contributed by atoms with E-state index in [-0.39, 0.29) is 13.2 Å². The molecule has 1 saturated heterocycles. The molecule has 0 aliphatic carbocycles. The van der Waals surface area contributed by atoms with E-state index < -0.39 is 17.8 Å². The molecule has 4 heteroatoms. The van der Waals surface area contributed by atoms with Crippen molar-refractivity contribution in [3.63, 3.8) is 0 Å². The molecule has 4 N–H and O–H groups in total. The Morgan fingerprint density at radius 1 is 1.80 bits per heavy atom. The van der Waals surface area contributed by atoms with E-state index in [4.69, 9.17) is 10.5 Å². The molecule has 0 radical (unpaired) electrons. The van der Waals surface area contributed by atoms with Gasteiger partial charge in [0.05, 0.1) is 12.7 Å². The van der Waals surface area contributed by atoms with Gasteiger partial charge in [-0.25, -0.2) is 0 Å². The maximum atomic E-state index is 9.33. The van der Waals surface area contributed by atoms with Gasteiger partial charge in [0.1, 0.15) is 11.7 Å². The number of aliphatic hydroxyl groups is 2. The molecule has 0 bridgehead atoms. The van der Waals surface area contributed by atoms with Gasteiger partial charge in [0.25, 0.3) is 0 Å². The normalized spacial score (nSPS) is 48.0. The van der Waals surface area contributed by atoms with Crippen LogP contribution in [0.25, 0.3) is 0 Å². The van der Waals surface area contributed by atoms with Crippen LogP contribution < -0.4 is 5.73 Å². The number of rotatable bonds is 1. The molecule has 1 aliphatic heterocycles. The lowest BCUT2D eigenvalue weighted by Gasteiger charge is -2.20. The van der Waals surface area contributed by atoms with Crippen molar-refractivity contribution < 1.29 is 14.9 Å². The van der Waals surface area contributed by atoms with Crippen LogP contribution in [0.3, 0.4) is 0 Å². The van der Waals surface area contributed by atoms with Gasteiger partial charge in [0, 0.05) is 6.54 Å². The first kappa shape index (κ1) is 7.94. The topological polar surface area (TPSA) is 75.7 Å². The second kappa shape index (κ2) is 2.47. The first-order valence-corrected chi connectivity index (χ1v) is 3.30. The highest BCUT2D eigenvalue weighted by Gasteiger charge is 2.43. The van der Waals surface area contributed by atoms with Gasteiger partial charge in [0.2, 0.25) is 0 Å². The predicted octanol–water partition coefficient (Wildman–Crippen LogP) is -1.54. The first-order chi connectivity index (χ1) is 4.58. The molecule has 3 atom stereocenters. The molecule has 1 rings (SSSR count). The Morgan fingerprint density at radius 3 is 2.60 bits per heavy atom. The molecule has 0 amide bonds. The summed E-state index contributed by atoms with van der Waals surface area (Å²) in [6.07, 6.45) is -1.26. The van der Waals surface area contributed by atoms with Gasteiger partial charge in [-0.15, -0.1) is 0 Å². The zero-order valence-corrected chi connectivity index (χ0v) is 5.95. The van der Waals surface area contributed by atoms with Crippen LogP contribution in [0.4, 0.5) is 0 Å². The molecule has 0 saturated carbocycles. The Bertz CT molecular complexity index is 126. The van der Waals surface area contributed by atoms with Crippen LogP contribution in [0, 0.1) is 0 Å². The third-order valence-electron chi connectivity index (χ3n) is 1.81. The molecule has 3 unspecified atom stereocenters. The third kappa shape index (κ3) is 1.15. The van der Waals surface area contributed by atoms with Crippen LogP contribution in [-0.4, -0.2) is 41.2 Å². The third-order valence-corrected chi connectivity index (χ3v) is 1.81. The van der Waals surface area contributed by atoms with E-state index in [0.717, 1.165) is 0 Å². The average Bonchev–Trinajstić information content (AvgIpc) is 2.10. The Balaban J connectivity index is 2.58. The summed E-state index contributed by atoms with van der Waals surface area (Å²) in [7, 11) is 0. The van der Waals surface area contributed by atoms with Crippen molar-refractivity contribution in [1.82, 2.24) is 0 Å². The van der Waals surface area contributed by atoms with E-state index in [2.05, 4.69) is 0 Å². The fourth-order valence-electron chi connectivity index (χ4n) is 1.05. The summed E-state index contributed by atoms with van der Waals surface area (Å²) in [5, 5.41) is 18.6. The number of ether oxygens (including phenoxy) is 1. The number of nitrogens with two attached hydrogens (primary N) is 1. The fraction of sp³-hybridized carbons (Fsp3) is 1.00. The van der Waals surface area contributed by atoms with Crippen molar-refractivity contribution in [2.45, 2.75) is 24.7 Å². The Labute approximate surface area is 59.6 Å². The molecule has 0 aromatic heterocycles. The number of aliphatic hydroxyl groups excluding tert-OH is 1. The SMILES string of the molecule is CC1(O)COC(CN)C1O. The van der Waals surface area contributed by atoms with Crippen molar-refractivity contribution in [3.05, 3.63) is 0 Å². The fourth-order valence-corrected chi connectivity index (χ4v) is 1.05. The molecule has 4 nitrogen and oxygen atoms in total. The molecule has 1 fully saturated rings. The summed E-state index contributed by atoms with van der Waals surface area (Å²) in [4.78, 5) is 0. The van der Waals surface area contributed by atoms with Crippen LogP contribution >= 0.6 is 0 Å². The van der Waals surface area contributed by atoms with Crippen molar-refractivity contribution in [2.24, 2.45) is 5.73 Å². The smallest absolute Gasteiger partial charge is 0.113 e. The number of hydrogen-bond acceptors (Lipinski definition) is 4. The Hall–Kier alpha value is -0.160. The van der Waals surface area contributed by atoms with Crippen molar-refractivity contribution >= 4 is 0 Å². The standard InChI is InChI=1S/C6H13NO3/c1-6(9)3-10-4(2-7)5(6)8/h4-5,8-9H,2-3,7H2,1H3. The highest BCUT2D eigenvalue weighted by Crippen LogP contribution is 2.23. The molecule has 1 aliphatic rings. The van der Waals surface area contributed by atoms with E-state index in [1.54, 1.807) is 0 Å². The maximum Gasteiger partial charge on any atom is 0.113 e. The Morgan fingerprint density at radius 2 is 2.40 bits per heavy atom. The van der Waals surface area contributed by atoms with Crippen molar-refractivity contribution in [2.75, 3.05) is 13.2 Å². The summed E-state index contributed by atoms with van der Waals surface area (Å²) in [5.41, 5.74) is 4.13. The zero-order chi connectivity index (χ0) is 7.78. The highest BCUT2D eigenvalue weighted by atomic mass is 16.5. The van der Waals surface area contributed by atoms with Gasteiger partial charge in [-0.1, -0.05) is 0 Å². The van der Waals surface area contributed by atoms with Gasteiger partial charge in [-0.05, 0) is 6.92 Å². The molecule has 60 valence electrons. The van der Waals surface area contributed by atoms with Gasteiger partial charge in [-0.2, -0.15) is 0 Å². The molecular weight excluding hydrogens is 134 g/mol. The lowest BCUT2D eigenvalue weighted by Crippen LogP contribution is -2.43. The quantitative estimate of drug-likeness (QED) is 0.420. The Kier molecular flexibility index (Phi) is 1.96. The molecule has 0 aromatic rings. The lowest BCUT2D eigenvalue weighted by molar-refractivity contribution is -0.0348.